The molecule has 1 aromatic carbocycles. The van der Waals surface area contributed by atoms with E-state index in [1.54, 1.807) is 18.3 Å². The van der Waals surface area contributed by atoms with Crippen LogP contribution in [-0.4, -0.2) is 38.5 Å². The molecule has 22 heavy (non-hydrogen) atoms. The number of benzene rings is 1. The maximum absolute atomic E-state index is 10.8. The summed E-state index contributed by atoms with van der Waals surface area (Å²) in [4.78, 5) is 2.13. The Labute approximate surface area is 133 Å². The second kappa shape index (κ2) is 6.05. The SMILES string of the molecule is N#Cc1cc(Cl)ccc1CN1CCC[C@](O)(c2cn[nH]n2)C1. The average molecular weight is 318 g/mol. The fraction of sp³-hybridized carbons (Fsp3) is 0.400. The lowest BCUT2D eigenvalue weighted by Crippen LogP contribution is -2.46. The standard InChI is InChI=1S/C15H16ClN5O/c16-13-3-2-11(12(6-13)7-17)9-21-5-1-4-15(22,10-21)14-8-18-20-19-14/h2-3,6,8,22H,1,4-5,9-10H2,(H,18,19,20)/t15-/m1/s1. The third kappa shape index (κ3) is 2.97. The Morgan fingerprint density at radius 1 is 1.50 bits per heavy atom. The number of aromatic nitrogens is 3. The topological polar surface area (TPSA) is 88.8 Å². The molecule has 7 heteroatoms. The summed E-state index contributed by atoms with van der Waals surface area (Å²) in [5, 5.41) is 30.9. The van der Waals surface area contributed by atoms with E-state index in [-0.39, 0.29) is 0 Å². The fourth-order valence-corrected chi connectivity index (χ4v) is 3.10. The van der Waals surface area contributed by atoms with Crippen LogP contribution in [-0.2, 0) is 12.1 Å². The fourth-order valence-electron chi connectivity index (χ4n) is 2.92. The second-order valence-electron chi connectivity index (χ2n) is 5.61. The monoisotopic (exact) mass is 317 g/mol. The Bertz CT molecular complexity index is 696. The maximum atomic E-state index is 10.8. The van der Waals surface area contributed by atoms with E-state index in [1.807, 2.05) is 6.07 Å². The molecule has 1 atom stereocenters. The summed E-state index contributed by atoms with van der Waals surface area (Å²) in [6.45, 7) is 1.93. The molecule has 2 aromatic rings. The van der Waals surface area contributed by atoms with Crippen molar-refractivity contribution in [3.63, 3.8) is 0 Å². The van der Waals surface area contributed by atoms with E-state index >= 15 is 0 Å². The first-order valence-corrected chi connectivity index (χ1v) is 7.48. The first kappa shape index (κ1) is 15.0. The predicted molar refractivity (Wildman–Crippen MR) is 81.0 cm³/mol. The van der Waals surface area contributed by atoms with Crippen LogP contribution in [0.4, 0.5) is 0 Å². The third-order valence-corrected chi connectivity index (χ3v) is 4.26. The smallest absolute Gasteiger partial charge is 0.123 e. The molecule has 0 saturated carbocycles. The van der Waals surface area contributed by atoms with Gasteiger partial charge in [-0.2, -0.15) is 20.7 Å². The van der Waals surface area contributed by atoms with Gasteiger partial charge in [-0.1, -0.05) is 17.7 Å². The van der Waals surface area contributed by atoms with Crippen LogP contribution in [0.1, 0.15) is 29.7 Å². The zero-order valence-electron chi connectivity index (χ0n) is 12.0. The normalized spacial score (nSPS) is 22.4. The highest BCUT2D eigenvalue weighted by molar-refractivity contribution is 6.30. The number of hydrogen-bond donors (Lipinski definition) is 2. The van der Waals surface area contributed by atoms with Gasteiger partial charge in [0.2, 0.25) is 0 Å². The van der Waals surface area contributed by atoms with Crippen molar-refractivity contribution in [2.24, 2.45) is 0 Å². The molecule has 6 nitrogen and oxygen atoms in total. The number of halogens is 1. The van der Waals surface area contributed by atoms with Gasteiger partial charge in [0.1, 0.15) is 11.3 Å². The maximum Gasteiger partial charge on any atom is 0.123 e. The molecule has 0 unspecified atom stereocenters. The summed E-state index contributed by atoms with van der Waals surface area (Å²) < 4.78 is 0. The zero-order valence-corrected chi connectivity index (χ0v) is 12.7. The number of nitrogens with zero attached hydrogens (tertiary/aromatic N) is 4. The van der Waals surface area contributed by atoms with Gasteiger partial charge in [0.15, 0.2) is 0 Å². The van der Waals surface area contributed by atoms with Crippen LogP contribution < -0.4 is 0 Å². The predicted octanol–water partition coefficient (Wildman–Crippen LogP) is 1.81. The van der Waals surface area contributed by atoms with Crippen molar-refractivity contribution in [3.05, 3.63) is 46.2 Å². The molecule has 0 bridgehead atoms. The summed E-state index contributed by atoms with van der Waals surface area (Å²) in [6, 6.07) is 7.49. The molecule has 0 amide bonds. The molecule has 1 saturated heterocycles. The van der Waals surface area contributed by atoms with Crippen molar-refractivity contribution in [2.45, 2.75) is 25.0 Å². The number of piperidine rings is 1. The lowest BCUT2D eigenvalue weighted by Gasteiger charge is -2.38. The van der Waals surface area contributed by atoms with Crippen molar-refractivity contribution < 1.29 is 5.11 Å². The minimum atomic E-state index is -0.996. The van der Waals surface area contributed by atoms with E-state index in [9.17, 15) is 10.4 Å². The van der Waals surface area contributed by atoms with Crippen molar-refractivity contribution >= 4 is 11.6 Å². The molecule has 0 aliphatic carbocycles. The number of rotatable bonds is 3. The van der Waals surface area contributed by atoms with E-state index in [1.165, 1.54) is 0 Å². The van der Waals surface area contributed by atoms with Gasteiger partial charge in [0.05, 0.1) is 17.8 Å². The minimum absolute atomic E-state index is 0.465. The van der Waals surface area contributed by atoms with Crippen molar-refractivity contribution in [1.82, 2.24) is 20.3 Å². The first-order valence-electron chi connectivity index (χ1n) is 7.10. The summed E-state index contributed by atoms with van der Waals surface area (Å²) in [7, 11) is 0. The van der Waals surface area contributed by atoms with Crippen LogP contribution in [0.25, 0.3) is 0 Å². The number of nitrogens with one attached hydrogen (secondary N) is 1. The highest BCUT2D eigenvalue weighted by atomic mass is 35.5. The average Bonchev–Trinajstić information content (AvgIpc) is 3.04. The quantitative estimate of drug-likeness (QED) is 0.901. The highest BCUT2D eigenvalue weighted by Gasteiger charge is 2.37. The highest BCUT2D eigenvalue weighted by Crippen LogP contribution is 2.30. The molecule has 1 aromatic heterocycles. The van der Waals surface area contributed by atoms with Gasteiger partial charge in [0.25, 0.3) is 0 Å². The van der Waals surface area contributed by atoms with Crippen LogP contribution in [0.3, 0.4) is 0 Å². The van der Waals surface area contributed by atoms with Crippen LogP contribution in [0.5, 0.6) is 0 Å². The Kier molecular flexibility index (Phi) is 4.12. The number of likely N-dealkylation sites (tertiary alicyclic amines) is 1. The second-order valence-corrected chi connectivity index (χ2v) is 6.05. The number of aromatic amines is 1. The molecule has 2 heterocycles. The Hall–Kier alpha value is -1.94. The van der Waals surface area contributed by atoms with Gasteiger partial charge in [-0.15, -0.1) is 0 Å². The van der Waals surface area contributed by atoms with E-state index in [0.29, 0.717) is 35.8 Å². The van der Waals surface area contributed by atoms with Gasteiger partial charge in [-0.25, -0.2) is 0 Å². The van der Waals surface area contributed by atoms with Gasteiger partial charge >= 0.3 is 0 Å². The van der Waals surface area contributed by atoms with Crippen LogP contribution in [0.15, 0.2) is 24.4 Å². The van der Waals surface area contributed by atoms with E-state index in [4.69, 9.17) is 11.6 Å². The summed E-state index contributed by atoms with van der Waals surface area (Å²) in [6.07, 6.45) is 3.08. The third-order valence-electron chi connectivity index (χ3n) is 4.03. The first-order chi connectivity index (χ1) is 10.6. The molecular weight excluding hydrogens is 302 g/mol. The molecule has 2 N–H and O–H groups in total. The number of nitriles is 1. The molecule has 1 aliphatic heterocycles. The lowest BCUT2D eigenvalue weighted by atomic mass is 9.89. The van der Waals surface area contributed by atoms with Crippen molar-refractivity contribution in [2.75, 3.05) is 13.1 Å². The largest absolute Gasteiger partial charge is 0.382 e. The zero-order chi connectivity index (χ0) is 15.6. The molecule has 0 radical (unpaired) electrons. The Morgan fingerprint density at radius 2 is 2.36 bits per heavy atom. The van der Waals surface area contributed by atoms with E-state index in [0.717, 1.165) is 18.5 Å². The molecule has 3 rings (SSSR count). The van der Waals surface area contributed by atoms with Crippen molar-refractivity contribution in [1.29, 1.82) is 5.26 Å². The van der Waals surface area contributed by atoms with Crippen LogP contribution in [0, 0.1) is 11.3 Å². The molecule has 1 aliphatic rings. The van der Waals surface area contributed by atoms with Crippen LogP contribution >= 0.6 is 11.6 Å². The van der Waals surface area contributed by atoms with Crippen molar-refractivity contribution in [3.8, 4) is 6.07 Å². The number of β-amino-alcohol motifs (C(OH)–C–C–N with tert-alkyl or cyclic N) is 1. The summed E-state index contributed by atoms with van der Waals surface area (Å²) in [5.41, 5.74) is 1.05. The Morgan fingerprint density at radius 3 is 3.09 bits per heavy atom. The summed E-state index contributed by atoms with van der Waals surface area (Å²) in [5.74, 6) is 0. The molecular formula is C15H16ClN5O. The van der Waals surface area contributed by atoms with E-state index < -0.39 is 5.60 Å². The van der Waals surface area contributed by atoms with Gasteiger partial charge in [0, 0.05) is 18.1 Å². The lowest BCUT2D eigenvalue weighted by molar-refractivity contribution is -0.0414. The number of hydrogen-bond acceptors (Lipinski definition) is 5. The van der Waals surface area contributed by atoms with E-state index in [2.05, 4.69) is 26.4 Å². The summed E-state index contributed by atoms with van der Waals surface area (Å²) >= 11 is 5.93. The number of aliphatic hydroxyl groups is 1. The van der Waals surface area contributed by atoms with Gasteiger partial charge in [-0.05, 0) is 37.1 Å². The molecule has 0 spiro atoms. The van der Waals surface area contributed by atoms with Gasteiger partial charge in [-0.3, -0.25) is 4.90 Å². The van der Waals surface area contributed by atoms with Crippen LogP contribution in [0.2, 0.25) is 5.02 Å². The molecule has 114 valence electrons. The van der Waals surface area contributed by atoms with Gasteiger partial charge < -0.3 is 5.11 Å². The molecule has 1 fully saturated rings. The Balaban J connectivity index is 1.78. The number of H-pyrrole nitrogens is 1. The minimum Gasteiger partial charge on any atom is -0.382 e.